The van der Waals surface area contributed by atoms with Crippen LogP contribution in [0.15, 0.2) is 49.1 Å². The predicted molar refractivity (Wildman–Crippen MR) is 98.7 cm³/mol. The molecule has 1 aliphatic heterocycles. The number of benzene rings is 2. The summed E-state index contributed by atoms with van der Waals surface area (Å²) in [4.78, 5) is 23.8. The molecule has 0 saturated carbocycles. The minimum Gasteiger partial charge on any atom is -0.366 e. The number of ether oxygens (including phenoxy) is 1. The van der Waals surface area contributed by atoms with Crippen LogP contribution in [0.1, 0.15) is 12.8 Å². The monoisotopic (exact) mass is 358 g/mol. The van der Waals surface area contributed by atoms with Crippen molar-refractivity contribution < 1.29 is 14.3 Å². The van der Waals surface area contributed by atoms with E-state index >= 15 is 0 Å². The Morgan fingerprint density at radius 1 is 1.20 bits per heavy atom. The molecule has 1 saturated heterocycles. The van der Waals surface area contributed by atoms with E-state index in [4.69, 9.17) is 16.3 Å². The van der Waals surface area contributed by atoms with E-state index in [1.807, 2.05) is 30.3 Å². The zero-order valence-corrected chi connectivity index (χ0v) is 14.4. The number of carbonyl (C=O) groups is 2. The lowest BCUT2D eigenvalue weighted by Gasteiger charge is -2.28. The van der Waals surface area contributed by atoms with Crippen LogP contribution in [-0.2, 0) is 14.3 Å². The number of halogens is 1. The summed E-state index contributed by atoms with van der Waals surface area (Å²) in [6.07, 6.45) is 1.89. The summed E-state index contributed by atoms with van der Waals surface area (Å²) in [5, 5.41) is 8.05. The lowest BCUT2D eigenvalue weighted by molar-refractivity contribution is -0.131. The fourth-order valence-corrected chi connectivity index (χ4v) is 3.23. The number of anilines is 1. The molecule has 0 spiro atoms. The Labute approximate surface area is 151 Å². The van der Waals surface area contributed by atoms with Crippen LogP contribution in [0.4, 0.5) is 5.69 Å². The Morgan fingerprint density at radius 2 is 1.96 bits per heavy atom. The summed E-state index contributed by atoms with van der Waals surface area (Å²) < 4.78 is 5.62. The Hall–Kier alpha value is -2.37. The number of fused-ring (bicyclic) bond motifs is 1. The molecule has 0 bridgehead atoms. The number of hydrogen-bond acceptors (Lipinski definition) is 3. The van der Waals surface area contributed by atoms with Gasteiger partial charge >= 0.3 is 0 Å². The van der Waals surface area contributed by atoms with E-state index in [2.05, 4.69) is 17.2 Å². The van der Waals surface area contributed by atoms with Gasteiger partial charge in [-0.1, -0.05) is 42.4 Å². The molecule has 3 rings (SSSR count). The van der Waals surface area contributed by atoms with Gasteiger partial charge in [0.25, 0.3) is 5.91 Å². The van der Waals surface area contributed by atoms with E-state index in [0.29, 0.717) is 30.2 Å². The maximum atomic E-state index is 12.5. The molecular weight excluding hydrogens is 340 g/mol. The first-order valence-electron chi connectivity index (χ1n) is 8.11. The molecule has 130 valence electrons. The minimum absolute atomic E-state index is 0.0958. The lowest BCUT2D eigenvalue weighted by atomic mass is 10.0. The second-order valence-corrected chi connectivity index (χ2v) is 6.35. The van der Waals surface area contributed by atoms with Gasteiger partial charge in [0.15, 0.2) is 0 Å². The Morgan fingerprint density at radius 3 is 2.64 bits per heavy atom. The number of amides is 2. The number of hydrogen-bond donors (Lipinski definition) is 2. The first kappa shape index (κ1) is 17.5. The highest BCUT2D eigenvalue weighted by molar-refractivity contribution is 6.36. The second-order valence-electron chi connectivity index (χ2n) is 5.94. The van der Waals surface area contributed by atoms with Gasteiger partial charge in [-0.25, -0.2) is 0 Å². The molecular formula is C19H19ClN2O3. The van der Waals surface area contributed by atoms with Crippen molar-refractivity contribution in [3.05, 3.63) is 54.1 Å². The van der Waals surface area contributed by atoms with Crippen molar-refractivity contribution >= 4 is 39.9 Å². The number of carbonyl (C=O) groups excluding carboxylic acids is 2. The minimum atomic E-state index is -0.547. The zero-order chi connectivity index (χ0) is 17.8. The van der Waals surface area contributed by atoms with Gasteiger partial charge in [0.05, 0.1) is 23.4 Å². The first-order valence-corrected chi connectivity index (χ1v) is 8.49. The molecule has 0 unspecified atom stereocenters. The fourth-order valence-electron chi connectivity index (χ4n) is 2.94. The summed E-state index contributed by atoms with van der Waals surface area (Å²) >= 11 is 6.28. The van der Waals surface area contributed by atoms with Crippen LogP contribution in [0.5, 0.6) is 0 Å². The van der Waals surface area contributed by atoms with Crippen LogP contribution in [0.3, 0.4) is 0 Å². The molecule has 1 fully saturated rings. The van der Waals surface area contributed by atoms with Gasteiger partial charge in [0.2, 0.25) is 5.91 Å². The van der Waals surface area contributed by atoms with Crippen LogP contribution in [0.2, 0.25) is 5.02 Å². The highest BCUT2D eigenvalue weighted by Gasteiger charge is 2.28. The van der Waals surface area contributed by atoms with Crippen molar-refractivity contribution in [2.45, 2.75) is 25.0 Å². The van der Waals surface area contributed by atoms with E-state index < -0.39 is 6.10 Å². The van der Waals surface area contributed by atoms with E-state index in [-0.39, 0.29) is 17.9 Å². The third-order valence-corrected chi connectivity index (χ3v) is 4.53. The molecule has 2 N–H and O–H groups in total. The standard InChI is InChI=1S/C19H19ClN2O3/c1-2-17(23)21-13-9-10-16(25-11-13)19(24)22-15-8-4-6-12-5-3-7-14(20)18(12)15/h2-8,13,16H,1,9-11H2,(H,21,23)(H,22,24)/t13-,16+/m1/s1. The van der Waals surface area contributed by atoms with E-state index in [1.165, 1.54) is 6.08 Å². The molecule has 2 aromatic rings. The summed E-state index contributed by atoms with van der Waals surface area (Å²) in [5.41, 5.74) is 0.666. The number of nitrogens with one attached hydrogen (secondary N) is 2. The van der Waals surface area contributed by atoms with Crippen molar-refractivity contribution in [1.29, 1.82) is 0 Å². The van der Waals surface area contributed by atoms with Crippen molar-refractivity contribution in [1.82, 2.24) is 5.32 Å². The Kier molecular flexibility index (Phi) is 5.36. The van der Waals surface area contributed by atoms with Crippen LogP contribution in [0, 0.1) is 0 Å². The van der Waals surface area contributed by atoms with Crippen molar-refractivity contribution in [3.63, 3.8) is 0 Å². The summed E-state index contributed by atoms with van der Waals surface area (Å²) in [6.45, 7) is 3.72. The smallest absolute Gasteiger partial charge is 0.253 e. The molecule has 5 nitrogen and oxygen atoms in total. The zero-order valence-electron chi connectivity index (χ0n) is 13.6. The van der Waals surface area contributed by atoms with Gasteiger partial charge in [0.1, 0.15) is 6.10 Å². The van der Waals surface area contributed by atoms with Crippen molar-refractivity contribution in [3.8, 4) is 0 Å². The van der Waals surface area contributed by atoms with Gasteiger partial charge in [-0.05, 0) is 36.4 Å². The molecule has 6 heteroatoms. The molecule has 0 radical (unpaired) electrons. The molecule has 1 heterocycles. The molecule has 0 aliphatic carbocycles. The van der Waals surface area contributed by atoms with Gasteiger partial charge in [-0.15, -0.1) is 0 Å². The van der Waals surface area contributed by atoms with Crippen molar-refractivity contribution in [2.75, 3.05) is 11.9 Å². The van der Waals surface area contributed by atoms with Crippen LogP contribution in [-0.4, -0.2) is 30.6 Å². The highest BCUT2D eigenvalue weighted by atomic mass is 35.5. The molecule has 0 aromatic heterocycles. The third-order valence-electron chi connectivity index (χ3n) is 4.21. The average molecular weight is 359 g/mol. The number of rotatable bonds is 4. The van der Waals surface area contributed by atoms with E-state index in [0.717, 1.165) is 10.8 Å². The quantitative estimate of drug-likeness (QED) is 0.824. The molecule has 1 aliphatic rings. The molecule has 2 atom stereocenters. The third kappa shape index (κ3) is 4.00. The Bertz CT molecular complexity index is 808. The van der Waals surface area contributed by atoms with Gasteiger partial charge in [-0.2, -0.15) is 0 Å². The van der Waals surface area contributed by atoms with Gasteiger partial charge in [0, 0.05) is 5.39 Å². The largest absolute Gasteiger partial charge is 0.366 e. The van der Waals surface area contributed by atoms with Gasteiger partial charge < -0.3 is 15.4 Å². The van der Waals surface area contributed by atoms with Crippen LogP contribution in [0.25, 0.3) is 10.8 Å². The first-order chi connectivity index (χ1) is 12.1. The summed E-state index contributed by atoms with van der Waals surface area (Å²) in [5.74, 6) is -0.442. The van der Waals surface area contributed by atoms with Crippen LogP contribution >= 0.6 is 11.6 Å². The summed E-state index contributed by atoms with van der Waals surface area (Å²) in [6, 6.07) is 11.2. The maximum absolute atomic E-state index is 12.5. The highest BCUT2D eigenvalue weighted by Crippen LogP contribution is 2.30. The van der Waals surface area contributed by atoms with Crippen LogP contribution < -0.4 is 10.6 Å². The predicted octanol–water partition coefficient (Wildman–Crippen LogP) is 3.28. The van der Waals surface area contributed by atoms with Gasteiger partial charge in [-0.3, -0.25) is 9.59 Å². The van der Waals surface area contributed by atoms with E-state index in [1.54, 1.807) is 6.07 Å². The maximum Gasteiger partial charge on any atom is 0.253 e. The van der Waals surface area contributed by atoms with E-state index in [9.17, 15) is 9.59 Å². The second kappa shape index (κ2) is 7.68. The molecule has 2 aromatic carbocycles. The normalized spacial score (nSPS) is 20.0. The average Bonchev–Trinajstić information content (AvgIpc) is 2.62. The summed E-state index contributed by atoms with van der Waals surface area (Å²) in [7, 11) is 0. The fraction of sp³-hybridized carbons (Fsp3) is 0.263. The SMILES string of the molecule is C=CC(=O)N[C@@H]1CC[C@@H](C(=O)Nc2cccc3cccc(Cl)c23)OC1. The topological polar surface area (TPSA) is 67.4 Å². The molecule has 25 heavy (non-hydrogen) atoms. The Balaban J connectivity index is 1.66. The van der Waals surface area contributed by atoms with Crippen molar-refractivity contribution in [2.24, 2.45) is 0 Å². The molecule has 2 amide bonds. The lowest BCUT2D eigenvalue weighted by Crippen LogP contribution is -2.45.